The largest absolute Gasteiger partial charge is 0.488 e. The van der Waals surface area contributed by atoms with Crippen molar-refractivity contribution in [2.24, 2.45) is 4.99 Å². The summed E-state index contributed by atoms with van der Waals surface area (Å²) in [6.45, 7) is 4.75. The molecule has 1 aromatic heterocycles. The third-order valence-electron chi connectivity index (χ3n) is 5.77. The van der Waals surface area contributed by atoms with Crippen LogP contribution < -0.4 is 20.3 Å². The number of rotatable bonds is 7. The normalized spacial score (nSPS) is 16.1. The Morgan fingerprint density at radius 2 is 1.91 bits per heavy atom. The molecular formula is C26H33N5O2. The first-order valence-corrected chi connectivity index (χ1v) is 11.4. The van der Waals surface area contributed by atoms with Crippen LogP contribution >= 0.6 is 0 Å². The van der Waals surface area contributed by atoms with E-state index in [0.717, 1.165) is 47.0 Å². The van der Waals surface area contributed by atoms with Crippen molar-refractivity contribution in [2.45, 2.75) is 32.5 Å². The van der Waals surface area contributed by atoms with E-state index in [9.17, 15) is 0 Å². The van der Waals surface area contributed by atoms with Crippen molar-refractivity contribution < 1.29 is 9.47 Å². The lowest BCUT2D eigenvalue weighted by atomic mass is 10.1. The first kappa shape index (κ1) is 22.9. The average molecular weight is 448 g/mol. The summed E-state index contributed by atoms with van der Waals surface area (Å²) in [5.74, 6) is 2.58. The minimum Gasteiger partial charge on any atom is -0.488 e. The van der Waals surface area contributed by atoms with Gasteiger partial charge in [0.2, 0.25) is 0 Å². The molecule has 0 bridgehead atoms. The Bertz CT molecular complexity index is 1120. The van der Waals surface area contributed by atoms with Gasteiger partial charge in [-0.25, -0.2) is 4.98 Å². The smallest absolute Gasteiger partial charge is 0.191 e. The molecule has 2 aromatic carbocycles. The number of para-hydroxylation sites is 1. The molecule has 1 unspecified atom stereocenters. The molecule has 0 saturated carbocycles. The van der Waals surface area contributed by atoms with Crippen molar-refractivity contribution in [1.82, 2.24) is 15.6 Å². The average Bonchev–Trinajstić information content (AvgIpc) is 3.33. The summed E-state index contributed by atoms with van der Waals surface area (Å²) >= 11 is 0. The molecule has 1 atom stereocenters. The predicted molar refractivity (Wildman–Crippen MR) is 134 cm³/mol. The summed E-state index contributed by atoms with van der Waals surface area (Å²) in [7, 11) is 5.80. The monoisotopic (exact) mass is 447 g/mol. The Morgan fingerprint density at radius 1 is 1.12 bits per heavy atom. The minimum atomic E-state index is 0.119. The van der Waals surface area contributed by atoms with Gasteiger partial charge in [-0.1, -0.05) is 30.3 Å². The van der Waals surface area contributed by atoms with Crippen LogP contribution in [0, 0.1) is 6.92 Å². The highest BCUT2D eigenvalue weighted by molar-refractivity contribution is 5.85. The number of hydrogen-bond acceptors (Lipinski definition) is 5. The molecule has 33 heavy (non-hydrogen) atoms. The van der Waals surface area contributed by atoms with Gasteiger partial charge in [-0.3, -0.25) is 4.99 Å². The van der Waals surface area contributed by atoms with Gasteiger partial charge >= 0.3 is 0 Å². The fraction of sp³-hybridized carbons (Fsp3) is 0.385. The Kier molecular flexibility index (Phi) is 7.29. The van der Waals surface area contributed by atoms with Crippen molar-refractivity contribution in [3.63, 3.8) is 0 Å². The molecule has 0 spiro atoms. The maximum atomic E-state index is 6.23. The molecule has 0 radical (unpaired) electrons. The van der Waals surface area contributed by atoms with E-state index < -0.39 is 0 Å². The van der Waals surface area contributed by atoms with Gasteiger partial charge in [-0.2, -0.15) is 0 Å². The van der Waals surface area contributed by atoms with Crippen LogP contribution in [-0.2, 0) is 17.8 Å². The van der Waals surface area contributed by atoms with Crippen LogP contribution in [0.3, 0.4) is 0 Å². The van der Waals surface area contributed by atoms with Crippen LogP contribution in [0.5, 0.6) is 5.75 Å². The summed E-state index contributed by atoms with van der Waals surface area (Å²) in [6, 6.07) is 16.7. The third-order valence-corrected chi connectivity index (χ3v) is 5.77. The van der Waals surface area contributed by atoms with Gasteiger partial charge in [-0.05, 0) is 36.2 Å². The predicted octanol–water partition coefficient (Wildman–Crippen LogP) is 3.64. The zero-order valence-electron chi connectivity index (χ0n) is 19.9. The molecule has 1 saturated heterocycles. The van der Waals surface area contributed by atoms with E-state index in [4.69, 9.17) is 14.5 Å². The van der Waals surface area contributed by atoms with E-state index in [1.54, 1.807) is 7.05 Å². The lowest BCUT2D eigenvalue weighted by Gasteiger charge is -2.19. The molecule has 0 amide bonds. The van der Waals surface area contributed by atoms with E-state index in [2.05, 4.69) is 52.9 Å². The molecule has 1 aliphatic heterocycles. The van der Waals surface area contributed by atoms with Gasteiger partial charge in [0, 0.05) is 51.6 Å². The second kappa shape index (κ2) is 10.5. The van der Waals surface area contributed by atoms with Gasteiger partial charge in [0.05, 0.1) is 18.7 Å². The standard InChI is InChI=1S/C26H33N5O2/c1-18-9-10-19(24(13-18)33-21-11-12-32-17-21)15-28-26(27-2)29-16-20-14-25(31(3)4)30-23-8-6-5-7-22(20)23/h5-10,13-14,21H,11-12,15-17H2,1-4H3,(H2,27,28,29). The van der Waals surface area contributed by atoms with Crippen molar-refractivity contribution in [2.75, 3.05) is 39.3 Å². The molecule has 7 nitrogen and oxygen atoms in total. The SMILES string of the molecule is CN=C(NCc1ccc(C)cc1OC1CCOC1)NCc1cc(N(C)C)nc2ccccc12. The number of guanidine groups is 1. The van der Waals surface area contributed by atoms with E-state index in [0.29, 0.717) is 19.7 Å². The topological polar surface area (TPSA) is 71.0 Å². The van der Waals surface area contributed by atoms with E-state index in [1.807, 2.05) is 37.2 Å². The molecule has 0 aliphatic carbocycles. The Morgan fingerprint density at radius 3 is 2.64 bits per heavy atom. The van der Waals surface area contributed by atoms with E-state index >= 15 is 0 Å². The van der Waals surface area contributed by atoms with Gasteiger partial charge < -0.3 is 25.0 Å². The molecule has 7 heteroatoms. The minimum absolute atomic E-state index is 0.119. The van der Waals surface area contributed by atoms with E-state index in [1.165, 1.54) is 11.1 Å². The molecule has 3 aromatic rings. The highest BCUT2D eigenvalue weighted by atomic mass is 16.5. The number of ether oxygens (including phenoxy) is 2. The number of aliphatic imine (C=N–C) groups is 1. The molecule has 1 fully saturated rings. The zero-order chi connectivity index (χ0) is 23.2. The number of nitrogens with zero attached hydrogens (tertiary/aromatic N) is 3. The van der Waals surface area contributed by atoms with Crippen LogP contribution in [0.25, 0.3) is 10.9 Å². The highest BCUT2D eigenvalue weighted by Gasteiger charge is 2.19. The third kappa shape index (κ3) is 5.73. The van der Waals surface area contributed by atoms with Crippen LogP contribution in [0.4, 0.5) is 5.82 Å². The summed E-state index contributed by atoms with van der Waals surface area (Å²) in [5, 5.41) is 8.02. The Hall–Kier alpha value is -3.32. The van der Waals surface area contributed by atoms with Crippen LogP contribution in [0.1, 0.15) is 23.1 Å². The number of pyridine rings is 1. The van der Waals surface area contributed by atoms with Crippen LogP contribution in [0.2, 0.25) is 0 Å². The zero-order valence-corrected chi connectivity index (χ0v) is 19.9. The van der Waals surface area contributed by atoms with Gasteiger partial charge in [-0.15, -0.1) is 0 Å². The number of aromatic nitrogens is 1. The lowest BCUT2D eigenvalue weighted by molar-refractivity contribution is 0.140. The van der Waals surface area contributed by atoms with Gasteiger partial charge in [0.25, 0.3) is 0 Å². The molecule has 174 valence electrons. The Balaban J connectivity index is 1.44. The Labute approximate surface area is 195 Å². The quantitative estimate of drug-likeness (QED) is 0.426. The van der Waals surface area contributed by atoms with Crippen molar-refractivity contribution in [3.05, 3.63) is 65.2 Å². The molecule has 2 N–H and O–H groups in total. The number of aryl methyl sites for hydroxylation is 1. The fourth-order valence-electron chi connectivity index (χ4n) is 3.89. The number of anilines is 1. The summed E-state index contributed by atoms with van der Waals surface area (Å²) in [4.78, 5) is 11.2. The second-order valence-electron chi connectivity index (χ2n) is 8.55. The maximum Gasteiger partial charge on any atom is 0.191 e. The molecular weight excluding hydrogens is 414 g/mol. The fourth-order valence-corrected chi connectivity index (χ4v) is 3.89. The number of nitrogens with one attached hydrogen (secondary N) is 2. The van der Waals surface area contributed by atoms with Gasteiger partial charge in [0.1, 0.15) is 17.7 Å². The lowest BCUT2D eigenvalue weighted by Crippen LogP contribution is -2.36. The van der Waals surface area contributed by atoms with E-state index in [-0.39, 0.29) is 6.10 Å². The molecule has 4 rings (SSSR count). The van der Waals surface area contributed by atoms with Crippen molar-refractivity contribution >= 4 is 22.7 Å². The molecule has 1 aliphatic rings. The van der Waals surface area contributed by atoms with Crippen LogP contribution in [0.15, 0.2) is 53.5 Å². The molecule has 2 heterocycles. The van der Waals surface area contributed by atoms with Crippen molar-refractivity contribution in [3.8, 4) is 5.75 Å². The first-order valence-electron chi connectivity index (χ1n) is 11.4. The number of benzene rings is 2. The number of hydrogen-bond donors (Lipinski definition) is 2. The first-order chi connectivity index (χ1) is 16.0. The van der Waals surface area contributed by atoms with Crippen LogP contribution in [-0.4, -0.2) is 51.4 Å². The second-order valence-corrected chi connectivity index (χ2v) is 8.55. The number of fused-ring (bicyclic) bond motifs is 1. The van der Waals surface area contributed by atoms with Crippen molar-refractivity contribution in [1.29, 1.82) is 0 Å². The highest BCUT2D eigenvalue weighted by Crippen LogP contribution is 2.24. The summed E-state index contributed by atoms with van der Waals surface area (Å²) < 4.78 is 11.7. The maximum absolute atomic E-state index is 6.23. The van der Waals surface area contributed by atoms with Gasteiger partial charge in [0.15, 0.2) is 5.96 Å². The summed E-state index contributed by atoms with van der Waals surface area (Å²) in [5.41, 5.74) is 4.43. The summed E-state index contributed by atoms with van der Waals surface area (Å²) in [6.07, 6.45) is 1.05.